The lowest BCUT2D eigenvalue weighted by Crippen LogP contribution is -2.74. The Morgan fingerprint density at radius 2 is 1.82 bits per heavy atom. The molecular formula is C28H36N2O3. The van der Waals surface area contributed by atoms with Crippen molar-refractivity contribution in [3.63, 3.8) is 0 Å². The van der Waals surface area contributed by atoms with E-state index >= 15 is 0 Å². The fourth-order valence-electron chi connectivity index (χ4n) is 7.41. The lowest BCUT2D eigenvalue weighted by Gasteiger charge is -2.65. The molecule has 4 atom stereocenters. The minimum absolute atomic E-state index is 0.00798. The second-order valence-electron chi connectivity index (χ2n) is 11.2. The summed E-state index contributed by atoms with van der Waals surface area (Å²) >= 11 is 0. The summed E-state index contributed by atoms with van der Waals surface area (Å²) in [5.41, 5.74) is 1.82. The number of hydrogen-bond donors (Lipinski definition) is 3. The van der Waals surface area contributed by atoms with Crippen LogP contribution in [0.4, 0.5) is 0 Å². The highest BCUT2D eigenvalue weighted by Crippen LogP contribution is 2.61. The summed E-state index contributed by atoms with van der Waals surface area (Å²) in [5, 5.41) is 34.0. The van der Waals surface area contributed by atoms with Gasteiger partial charge < -0.3 is 15.3 Å². The maximum atomic E-state index is 12.5. The predicted molar refractivity (Wildman–Crippen MR) is 128 cm³/mol. The number of fused-ring (bicyclic) bond motifs is 1. The molecule has 3 fully saturated rings. The SMILES string of the molecule is CN(Cc1ccccc1)[C@H]1CC[C@@]2(O)[C@H]3Cc4ccc(O)c(O)c4[C@@]2(CCN3CC2CC2)C1. The molecule has 0 unspecified atom stereocenters. The molecule has 6 rings (SSSR count). The third kappa shape index (κ3) is 3.31. The largest absolute Gasteiger partial charge is 0.504 e. The quantitative estimate of drug-likeness (QED) is 0.608. The first-order valence-corrected chi connectivity index (χ1v) is 12.7. The third-order valence-electron chi connectivity index (χ3n) is 9.31. The molecule has 2 bridgehead atoms. The van der Waals surface area contributed by atoms with Crippen molar-refractivity contribution in [2.75, 3.05) is 20.1 Å². The summed E-state index contributed by atoms with van der Waals surface area (Å²) in [6, 6.07) is 14.6. The van der Waals surface area contributed by atoms with Crippen molar-refractivity contribution in [1.82, 2.24) is 9.80 Å². The standard InChI is InChI=1S/C28H36N2O3/c1-29(17-19-5-3-2-4-6-19)22-11-12-28(33)24-15-21-9-10-23(31)26(32)25(21)27(28,16-22)13-14-30(24)18-20-7-8-20/h2-6,9-10,20,22,24,31-33H,7-8,11-18H2,1H3/t22-,24+,27+,28+/m0/s1. The minimum atomic E-state index is -0.873. The molecule has 5 nitrogen and oxygen atoms in total. The molecule has 2 saturated carbocycles. The highest BCUT2D eigenvalue weighted by Gasteiger charge is 2.65. The summed E-state index contributed by atoms with van der Waals surface area (Å²) in [5.74, 6) is 0.708. The lowest BCUT2D eigenvalue weighted by molar-refractivity contribution is -0.177. The molecule has 1 saturated heterocycles. The van der Waals surface area contributed by atoms with Gasteiger partial charge in [0.2, 0.25) is 0 Å². The smallest absolute Gasteiger partial charge is 0.161 e. The van der Waals surface area contributed by atoms with E-state index in [1.807, 2.05) is 12.1 Å². The van der Waals surface area contributed by atoms with E-state index in [0.717, 1.165) is 68.8 Å². The average Bonchev–Trinajstić information content (AvgIpc) is 3.62. The molecule has 0 aromatic heterocycles. The lowest BCUT2D eigenvalue weighted by atomic mass is 9.48. The van der Waals surface area contributed by atoms with Crippen LogP contribution in [-0.2, 0) is 18.4 Å². The Hall–Kier alpha value is -2.08. The highest BCUT2D eigenvalue weighted by atomic mass is 16.3. The molecule has 5 heteroatoms. The van der Waals surface area contributed by atoms with Gasteiger partial charge in [-0.15, -0.1) is 0 Å². The molecule has 0 radical (unpaired) electrons. The summed E-state index contributed by atoms with van der Waals surface area (Å²) in [4.78, 5) is 4.97. The number of rotatable bonds is 5. The van der Waals surface area contributed by atoms with Gasteiger partial charge in [0.15, 0.2) is 11.5 Å². The second-order valence-corrected chi connectivity index (χ2v) is 11.2. The van der Waals surface area contributed by atoms with E-state index in [9.17, 15) is 15.3 Å². The molecule has 4 aliphatic rings. The van der Waals surface area contributed by atoms with E-state index in [1.165, 1.54) is 18.4 Å². The predicted octanol–water partition coefficient (Wildman–Crippen LogP) is 3.79. The van der Waals surface area contributed by atoms with Gasteiger partial charge in [0, 0.05) is 36.2 Å². The van der Waals surface area contributed by atoms with E-state index in [-0.39, 0.29) is 17.5 Å². The molecule has 2 aromatic rings. The van der Waals surface area contributed by atoms with E-state index in [1.54, 1.807) is 6.07 Å². The van der Waals surface area contributed by atoms with Crippen LogP contribution in [0.2, 0.25) is 0 Å². The van der Waals surface area contributed by atoms with E-state index in [2.05, 4.69) is 41.1 Å². The molecular weight excluding hydrogens is 412 g/mol. The average molecular weight is 449 g/mol. The molecule has 2 aromatic carbocycles. The second kappa shape index (κ2) is 7.72. The first-order valence-electron chi connectivity index (χ1n) is 12.7. The van der Waals surface area contributed by atoms with Gasteiger partial charge in [-0.3, -0.25) is 9.80 Å². The fraction of sp³-hybridized carbons (Fsp3) is 0.571. The molecule has 1 aliphatic heterocycles. The van der Waals surface area contributed by atoms with Crippen LogP contribution in [0.3, 0.4) is 0 Å². The van der Waals surface area contributed by atoms with Gasteiger partial charge in [0.1, 0.15) is 0 Å². The van der Waals surface area contributed by atoms with Crippen LogP contribution in [0.25, 0.3) is 0 Å². The van der Waals surface area contributed by atoms with Crippen molar-refractivity contribution in [1.29, 1.82) is 0 Å². The van der Waals surface area contributed by atoms with Crippen LogP contribution < -0.4 is 0 Å². The van der Waals surface area contributed by atoms with Crippen LogP contribution >= 0.6 is 0 Å². The first kappa shape index (κ1) is 21.5. The zero-order valence-corrected chi connectivity index (χ0v) is 19.6. The third-order valence-corrected chi connectivity index (χ3v) is 9.31. The number of piperidine rings is 1. The monoisotopic (exact) mass is 448 g/mol. The van der Waals surface area contributed by atoms with Crippen LogP contribution in [0.15, 0.2) is 42.5 Å². The van der Waals surface area contributed by atoms with Crippen molar-refractivity contribution in [3.05, 3.63) is 59.2 Å². The summed E-state index contributed by atoms with van der Waals surface area (Å²) < 4.78 is 0. The minimum Gasteiger partial charge on any atom is -0.504 e. The number of phenols is 2. The summed E-state index contributed by atoms with van der Waals surface area (Å²) in [7, 11) is 2.18. The molecule has 0 amide bonds. The maximum Gasteiger partial charge on any atom is 0.161 e. The number of benzene rings is 2. The van der Waals surface area contributed by atoms with Crippen molar-refractivity contribution >= 4 is 0 Å². The number of likely N-dealkylation sites (tertiary alicyclic amines) is 1. The van der Waals surface area contributed by atoms with E-state index < -0.39 is 11.0 Å². The van der Waals surface area contributed by atoms with Crippen LogP contribution in [0, 0.1) is 5.92 Å². The van der Waals surface area contributed by atoms with Gasteiger partial charge >= 0.3 is 0 Å². The van der Waals surface area contributed by atoms with Gasteiger partial charge in [-0.2, -0.15) is 0 Å². The Labute approximate surface area is 196 Å². The van der Waals surface area contributed by atoms with Crippen LogP contribution in [0.5, 0.6) is 11.5 Å². The Morgan fingerprint density at radius 3 is 2.58 bits per heavy atom. The van der Waals surface area contributed by atoms with Gasteiger partial charge in [0.05, 0.1) is 5.60 Å². The molecule has 1 heterocycles. The molecule has 33 heavy (non-hydrogen) atoms. The van der Waals surface area contributed by atoms with Gasteiger partial charge in [0.25, 0.3) is 0 Å². The normalized spacial score (nSPS) is 33.5. The van der Waals surface area contributed by atoms with Gasteiger partial charge in [-0.1, -0.05) is 36.4 Å². The highest BCUT2D eigenvalue weighted by molar-refractivity contribution is 5.57. The Bertz CT molecular complexity index is 1040. The number of nitrogens with zero attached hydrogens (tertiary/aromatic N) is 2. The Morgan fingerprint density at radius 1 is 1.03 bits per heavy atom. The molecule has 0 spiro atoms. The van der Waals surface area contributed by atoms with Crippen LogP contribution in [-0.4, -0.2) is 62.9 Å². The maximum absolute atomic E-state index is 12.5. The number of phenolic OH excluding ortho intramolecular Hbond substituents is 2. The van der Waals surface area contributed by atoms with Crippen molar-refractivity contribution in [2.24, 2.45) is 5.92 Å². The molecule has 3 aliphatic carbocycles. The van der Waals surface area contributed by atoms with Crippen molar-refractivity contribution < 1.29 is 15.3 Å². The summed E-state index contributed by atoms with van der Waals surface area (Å²) in [6.07, 6.45) is 6.69. The van der Waals surface area contributed by atoms with Gasteiger partial charge in [-0.05, 0) is 81.6 Å². The van der Waals surface area contributed by atoms with Crippen molar-refractivity contribution in [2.45, 2.75) is 74.6 Å². The number of hydrogen-bond acceptors (Lipinski definition) is 5. The van der Waals surface area contributed by atoms with Crippen molar-refractivity contribution in [3.8, 4) is 11.5 Å². The van der Waals surface area contributed by atoms with Gasteiger partial charge in [-0.25, -0.2) is 0 Å². The first-order chi connectivity index (χ1) is 15.9. The molecule has 3 N–H and O–H groups in total. The fourth-order valence-corrected chi connectivity index (χ4v) is 7.41. The van der Waals surface area contributed by atoms with Crippen LogP contribution in [0.1, 0.15) is 55.2 Å². The zero-order chi connectivity index (χ0) is 22.8. The zero-order valence-electron chi connectivity index (χ0n) is 19.6. The number of aromatic hydroxyl groups is 2. The van der Waals surface area contributed by atoms with E-state index in [0.29, 0.717) is 6.04 Å². The topological polar surface area (TPSA) is 67.2 Å². The van der Waals surface area contributed by atoms with E-state index in [4.69, 9.17) is 0 Å². The Kier molecular flexibility index (Phi) is 5.02. The summed E-state index contributed by atoms with van der Waals surface area (Å²) in [6.45, 7) is 2.91. The Balaban J connectivity index is 1.38. The molecule has 176 valence electrons. The number of aliphatic hydroxyl groups is 1.